The van der Waals surface area contributed by atoms with Crippen LogP contribution < -0.4 is 11.1 Å². The van der Waals surface area contributed by atoms with Crippen LogP contribution >= 0.6 is 0 Å². The summed E-state index contributed by atoms with van der Waals surface area (Å²) < 4.78 is 5.15. The third-order valence-electron chi connectivity index (χ3n) is 3.40. The van der Waals surface area contributed by atoms with Crippen LogP contribution in [0.4, 0.5) is 0 Å². The lowest BCUT2D eigenvalue weighted by Gasteiger charge is -2.21. The van der Waals surface area contributed by atoms with E-state index < -0.39 is 11.5 Å². The average Bonchev–Trinajstić information content (AvgIpc) is 2.85. The predicted octanol–water partition coefficient (Wildman–Crippen LogP) is 0.0477. The lowest BCUT2D eigenvalue weighted by atomic mass is 9.98. The first-order valence-electron chi connectivity index (χ1n) is 6.45. The summed E-state index contributed by atoms with van der Waals surface area (Å²) in [4.78, 5) is 22.8. The molecule has 0 saturated carbocycles. The van der Waals surface area contributed by atoms with Crippen molar-refractivity contribution in [3.63, 3.8) is 0 Å². The van der Waals surface area contributed by atoms with Gasteiger partial charge in [-0.15, -0.1) is 0 Å². The monoisotopic (exact) mass is 278 g/mol. The lowest BCUT2D eigenvalue weighted by molar-refractivity contribution is -0.136. The lowest BCUT2D eigenvalue weighted by Crippen LogP contribution is -2.54. The summed E-state index contributed by atoms with van der Waals surface area (Å²) in [6.07, 6.45) is 0.429. The van der Waals surface area contributed by atoms with E-state index >= 15 is 0 Å². The fourth-order valence-corrected chi connectivity index (χ4v) is 2.18. The fourth-order valence-electron chi connectivity index (χ4n) is 2.18. The van der Waals surface area contributed by atoms with E-state index in [4.69, 9.17) is 15.6 Å². The largest absolute Gasteiger partial charge is 0.481 e. The molecule has 0 radical (unpaired) electrons. The van der Waals surface area contributed by atoms with E-state index in [1.807, 2.05) is 6.07 Å². The van der Waals surface area contributed by atoms with Gasteiger partial charge >= 0.3 is 5.97 Å². The first kappa shape index (κ1) is 14.5. The van der Waals surface area contributed by atoms with Crippen LogP contribution in [0.1, 0.15) is 17.5 Å². The van der Waals surface area contributed by atoms with Crippen molar-refractivity contribution in [3.8, 4) is 0 Å². The second-order valence-corrected chi connectivity index (χ2v) is 4.98. The zero-order chi connectivity index (χ0) is 14.6. The van der Waals surface area contributed by atoms with Crippen molar-refractivity contribution in [3.05, 3.63) is 35.4 Å². The number of carbonyl (C=O) groups excluding carboxylic acids is 1. The van der Waals surface area contributed by atoms with Crippen molar-refractivity contribution in [2.45, 2.75) is 24.9 Å². The molecular weight excluding hydrogens is 260 g/mol. The zero-order valence-corrected chi connectivity index (χ0v) is 11.1. The van der Waals surface area contributed by atoms with Crippen molar-refractivity contribution >= 4 is 11.9 Å². The van der Waals surface area contributed by atoms with E-state index in [0.29, 0.717) is 18.6 Å². The molecule has 0 aromatic heterocycles. The Balaban J connectivity index is 2.00. The van der Waals surface area contributed by atoms with Crippen molar-refractivity contribution < 1.29 is 19.4 Å². The summed E-state index contributed by atoms with van der Waals surface area (Å²) in [5, 5.41) is 11.6. The number of hydrogen-bond acceptors (Lipinski definition) is 4. The number of benzene rings is 1. The topological polar surface area (TPSA) is 102 Å². The number of aliphatic carboxylic acids is 1. The van der Waals surface area contributed by atoms with Crippen molar-refractivity contribution in [1.82, 2.24) is 5.32 Å². The molecule has 0 aliphatic carbocycles. The van der Waals surface area contributed by atoms with Crippen LogP contribution in [-0.4, -0.2) is 35.7 Å². The van der Waals surface area contributed by atoms with Crippen LogP contribution in [0.3, 0.4) is 0 Å². The number of hydrogen-bond donors (Lipinski definition) is 3. The van der Waals surface area contributed by atoms with Crippen LogP contribution in [0.25, 0.3) is 0 Å². The van der Waals surface area contributed by atoms with Crippen LogP contribution in [0.5, 0.6) is 0 Å². The van der Waals surface area contributed by atoms with Gasteiger partial charge in [-0.05, 0) is 17.5 Å². The number of nitrogens with two attached hydrogens (primary N) is 1. The summed E-state index contributed by atoms with van der Waals surface area (Å²) in [6, 6.07) is 7.13. The average molecular weight is 278 g/mol. The van der Waals surface area contributed by atoms with E-state index in [2.05, 4.69) is 5.32 Å². The normalized spacial score (nSPS) is 21.6. The van der Waals surface area contributed by atoms with Crippen molar-refractivity contribution in [2.75, 3.05) is 13.2 Å². The summed E-state index contributed by atoms with van der Waals surface area (Å²) in [5.74, 6) is -1.16. The van der Waals surface area contributed by atoms with Gasteiger partial charge in [-0.25, -0.2) is 0 Å². The Labute approximate surface area is 116 Å². The Morgan fingerprint density at radius 1 is 1.35 bits per heavy atom. The van der Waals surface area contributed by atoms with Gasteiger partial charge < -0.3 is 20.9 Å². The van der Waals surface area contributed by atoms with Crippen LogP contribution in [-0.2, 0) is 27.3 Å². The Kier molecular flexibility index (Phi) is 4.36. The molecule has 0 spiro atoms. The molecule has 1 aliphatic rings. The summed E-state index contributed by atoms with van der Waals surface area (Å²) in [7, 11) is 0. The number of nitrogens with one attached hydrogen (secondary N) is 1. The quantitative estimate of drug-likeness (QED) is 0.706. The highest BCUT2D eigenvalue weighted by Crippen LogP contribution is 2.16. The molecule has 1 aromatic rings. The highest BCUT2D eigenvalue weighted by molar-refractivity contribution is 5.86. The molecule has 2 rings (SSSR count). The van der Waals surface area contributed by atoms with Gasteiger partial charge in [-0.3, -0.25) is 9.59 Å². The van der Waals surface area contributed by atoms with Crippen LogP contribution in [0.15, 0.2) is 24.3 Å². The smallest absolute Gasteiger partial charge is 0.307 e. The molecule has 6 heteroatoms. The molecule has 0 bridgehead atoms. The van der Waals surface area contributed by atoms with Gasteiger partial charge in [-0.1, -0.05) is 24.3 Å². The molecule has 1 aromatic carbocycles. The summed E-state index contributed by atoms with van der Waals surface area (Å²) in [5.41, 5.74) is 6.46. The Morgan fingerprint density at radius 3 is 2.65 bits per heavy atom. The molecule has 4 N–H and O–H groups in total. The van der Waals surface area contributed by atoms with Gasteiger partial charge in [0.1, 0.15) is 5.54 Å². The molecular formula is C14H18N2O4. The summed E-state index contributed by atoms with van der Waals surface area (Å²) >= 11 is 0. The maximum atomic E-state index is 12.0. The number of ether oxygens (including phenoxy) is 1. The molecule has 6 nitrogen and oxygen atoms in total. The SMILES string of the molecule is NC1(C(=O)NCc2ccccc2CC(=O)O)CCOC1. The highest BCUT2D eigenvalue weighted by Gasteiger charge is 2.38. The first-order chi connectivity index (χ1) is 9.51. The minimum atomic E-state index is -0.970. The van der Waals surface area contributed by atoms with Gasteiger partial charge in [0, 0.05) is 13.2 Å². The maximum Gasteiger partial charge on any atom is 0.307 e. The molecule has 1 heterocycles. The third kappa shape index (κ3) is 3.34. The molecule has 1 saturated heterocycles. The number of rotatable bonds is 5. The van der Waals surface area contributed by atoms with Crippen LogP contribution in [0.2, 0.25) is 0 Å². The van der Waals surface area contributed by atoms with E-state index in [1.54, 1.807) is 18.2 Å². The van der Waals surface area contributed by atoms with E-state index in [0.717, 1.165) is 5.56 Å². The second kappa shape index (κ2) is 6.02. The van der Waals surface area contributed by atoms with E-state index in [1.165, 1.54) is 0 Å². The predicted molar refractivity (Wildman–Crippen MR) is 72.0 cm³/mol. The third-order valence-corrected chi connectivity index (χ3v) is 3.40. The van der Waals surface area contributed by atoms with Crippen LogP contribution in [0, 0.1) is 0 Å². The van der Waals surface area contributed by atoms with Crippen molar-refractivity contribution in [2.24, 2.45) is 5.73 Å². The molecule has 1 amide bonds. The second-order valence-electron chi connectivity index (χ2n) is 4.98. The standard InChI is InChI=1S/C14H18N2O4/c15-14(5-6-20-9-14)13(19)16-8-11-4-2-1-3-10(11)7-12(17)18/h1-4H,5-9,15H2,(H,16,19)(H,17,18). The van der Waals surface area contributed by atoms with E-state index in [9.17, 15) is 9.59 Å². The van der Waals surface area contributed by atoms with Gasteiger partial charge in [0.15, 0.2) is 0 Å². The molecule has 1 unspecified atom stereocenters. The Hall–Kier alpha value is -1.92. The van der Waals surface area contributed by atoms with Crippen molar-refractivity contribution in [1.29, 1.82) is 0 Å². The number of carboxylic acid groups (broad SMARTS) is 1. The first-order valence-corrected chi connectivity index (χ1v) is 6.45. The highest BCUT2D eigenvalue weighted by atomic mass is 16.5. The molecule has 1 fully saturated rings. The minimum absolute atomic E-state index is 0.0665. The summed E-state index contributed by atoms with van der Waals surface area (Å²) in [6.45, 7) is 0.969. The van der Waals surface area contributed by atoms with Gasteiger partial charge in [0.2, 0.25) is 5.91 Å². The molecule has 20 heavy (non-hydrogen) atoms. The number of carbonyl (C=O) groups is 2. The molecule has 1 atom stereocenters. The number of carboxylic acids is 1. The Morgan fingerprint density at radius 2 is 2.05 bits per heavy atom. The Bertz CT molecular complexity index is 510. The van der Waals surface area contributed by atoms with E-state index in [-0.39, 0.29) is 25.5 Å². The van der Waals surface area contributed by atoms with Gasteiger partial charge in [-0.2, -0.15) is 0 Å². The van der Waals surface area contributed by atoms with Gasteiger partial charge in [0.25, 0.3) is 0 Å². The molecule has 1 aliphatic heterocycles. The van der Waals surface area contributed by atoms with Gasteiger partial charge in [0.05, 0.1) is 13.0 Å². The zero-order valence-electron chi connectivity index (χ0n) is 11.1. The fraction of sp³-hybridized carbons (Fsp3) is 0.429. The molecule has 108 valence electrons. The number of amides is 1. The minimum Gasteiger partial charge on any atom is -0.481 e. The maximum absolute atomic E-state index is 12.0.